The summed E-state index contributed by atoms with van der Waals surface area (Å²) in [6.45, 7) is 3.07. The molecule has 0 aliphatic heterocycles. The van der Waals surface area contributed by atoms with Gasteiger partial charge in [-0.25, -0.2) is 4.39 Å². The van der Waals surface area contributed by atoms with Gasteiger partial charge in [-0.1, -0.05) is 38.1 Å². The first kappa shape index (κ1) is 11.7. The Labute approximate surface area is 88.7 Å². The second kappa shape index (κ2) is 4.43. The van der Waals surface area contributed by atoms with Crippen molar-refractivity contribution in [2.24, 2.45) is 0 Å². The monoisotopic (exact) mass is 210 g/mol. The molecule has 1 aromatic carbocycles. The number of rotatable bonds is 4. The normalized spacial score (nSPS) is 11.4. The van der Waals surface area contributed by atoms with Gasteiger partial charge < -0.3 is 5.11 Å². The van der Waals surface area contributed by atoms with Gasteiger partial charge in [0.2, 0.25) is 0 Å². The molecule has 0 bridgehead atoms. The molecule has 0 saturated heterocycles. The highest BCUT2D eigenvalue weighted by Gasteiger charge is 2.26. The van der Waals surface area contributed by atoms with E-state index in [2.05, 4.69) is 0 Å². The number of aliphatic carboxylic acids is 1. The summed E-state index contributed by atoms with van der Waals surface area (Å²) >= 11 is 0. The number of carbonyl (C=O) groups is 1. The number of benzene rings is 1. The van der Waals surface area contributed by atoms with Gasteiger partial charge in [0.25, 0.3) is 0 Å². The predicted octanol–water partition coefficient (Wildman–Crippen LogP) is 2.91. The molecule has 0 aliphatic rings. The van der Waals surface area contributed by atoms with Gasteiger partial charge in [0.15, 0.2) is 0 Å². The molecule has 0 atom stereocenters. The summed E-state index contributed by atoms with van der Waals surface area (Å²) in [6, 6.07) is 7.05. The standard InChI is InChI=1S/C12H15FO2/c1-12(2,7-11(14)15)10-6-4-3-5-9(10)8-13/h3-6H,7-8H2,1-2H3,(H,14,15). The molecule has 0 amide bonds. The van der Waals surface area contributed by atoms with E-state index < -0.39 is 18.1 Å². The van der Waals surface area contributed by atoms with E-state index in [1.165, 1.54) is 0 Å². The van der Waals surface area contributed by atoms with Crippen molar-refractivity contribution in [3.63, 3.8) is 0 Å². The molecule has 15 heavy (non-hydrogen) atoms. The fourth-order valence-electron chi connectivity index (χ4n) is 1.77. The summed E-state index contributed by atoms with van der Waals surface area (Å²) in [5, 5.41) is 8.78. The molecule has 2 nitrogen and oxygen atoms in total. The topological polar surface area (TPSA) is 37.3 Å². The first-order valence-corrected chi connectivity index (χ1v) is 4.83. The highest BCUT2D eigenvalue weighted by Crippen LogP contribution is 2.30. The van der Waals surface area contributed by atoms with Gasteiger partial charge in [0.05, 0.1) is 6.42 Å². The summed E-state index contributed by atoms with van der Waals surface area (Å²) < 4.78 is 12.7. The molecule has 1 aromatic rings. The molecule has 0 aromatic heterocycles. The lowest BCUT2D eigenvalue weighted by Crippen LogP contribution is -2.23. The third-order valence-electron chi connectivity index (χ3n) is 2.48. The quantitative estimate of drug-likeness (QED) is 0.829. The maximum Gasteiger partial charge on any atom is 0.304 e. The summed E-state index contributed by atoms with van der Waals surface area (Å²) in [6.07, 6.45) is 0.00398. The van der Waals surface area contributed by atoms with Crippen molar-refractivity contribution in [1.82, 2.24) is 0 Å². The fraction of sp³-hybridized carbons (Fsp3) is 0.417. The van der Waals surface area contributed by atoms with Gasteiger partial charge in [-0.15, -0.1) is 0 Å². The van der Waals surface area contributed by atoms with Crippen molar-refractivity contribution in [1.29, 1.82) is 0 Å². The molecule has 1 N–H and O–H groups in total. The van der Waals surface area contributed by atoms with Crippen LogP contribution >= 0.6 is 0 Å². The molecule has 0 spiro atoms. The average molecular weight is 210 g/mol. The lowest BCUT2D eigenvalue weighted by molar-refractivity contribution is -0.138. The van der Waals surface area contributed by atoms with Gasteiger partial charge in [0.1, 0.15) is 6.67 Å². The van der Waals surface area contributed by atoms with Crippen LogP contribution in [0.25, 0.3) is 0 Å². The number of carboxylic acids is 1. The molecule has 0 aliphatic carbocycles. The van der Waals surface area contributed by atoms with Crippen LogP contribution in [0.1, 0.15) is 31.4 Å². The van der Waals surface area contributed by atoms with E-state index in [1.54, 1.807) is 24.3 Å². The number of hydrogen-bond donors (Lipinski definition) is 1. The van der Waals surface area contributed by atoms with Crippen LogP contribution in [0.2, 0.25) is 0 Å². The first-order chi connectivity index (χ1) is 6.97. The second-order valence-electron chi connectivity index (χ2n) is 4.25. The minimum Gasteiger partial charge on any atom is -0.481 e. The summed E-state index contributed by atoms with van der Waals surface area (Å²) in [5.41, 5.74) is 0.813. The van der Waals surface area contributed by atoms with E-state index in [9.17, 15) is 9.18 Å². The Bertz CT molecular complexity index is 358. The van der Waals surface area contributed by atoms with Crippen LogP contribution in [-0.2, 0) is 16.9 Å². The molecule has 3 heteroatoms. The Balaban J connectivity index is 3.07. The molecule has 1 rings (SSSR count). The number of hydrogen-bond acceptors (Lipinski definition) is 1. The molecular weight excluding hydrogens is 195 g/mol. The zero-order valence-electron chi connectivity index (χ0n) is 8.96. The van der Waals surface area contributed by atoms with Crippen molar-refractivity contribution in [3.05, 3.63) is 35.4 Å². The molecule has 0 radical (unpaired) electrons. The van der Waals surface area contributed by atoms with E-state index in [0.717, 1.165) is 5.56 Å². The third kappa shape index (κ3) is 2.78. The van der Waals surface area contributed by atoms with E-state index in [1.807, 2.05) is 13.8 Å². The van der Waals surface area contributed by atoms with Crippen LogP contribution in [0.3, 0.4) is 0 Å². The van der Waals surface area contributed by atoms with E-state index in [4.69, 9.17) is 5.11 Å². The minimum absolute atomic E-state index is 0.00398. The largest absolute Gasteiger partial charge is 0.481 e. The summed E-state index contributed by atoms with van der Waals surface area (Å²) in [4.78, 5) is 10.7. The van der Waals surface area contributed by atoms with E-state index in [-0.39, 0.29) is 6.42 Å². The Morgan fingerprint density at radius 2 is 2.00 bits per heavy atom. The second-order valence-corrected chi connectivity index (χ2v) is 4.25. The Hall–Kier alpha value is -1.38. The molecule has 0 heterocycles. The smallest absolute Gasteiger partial charge is 0.304 e. The third-order valence-corrected chi connectivity index (χ3v) is 2.48. The first-order valence-electron chi connectivity index (χ1n) is 4.83. The summed E-state index contributed by atoms with van der Waals surface area (Å²) in [5.74, 6) is -0.867. The Kier molecular flexibility index (Phi) is 3.45. The van der Waals surface area contributed by atoms with Crippen molar-refractivity contribution < 1.29 is 14.3 Å². The van der Waals surface area contributed by atoms with Crippen LogP contribution in [0.4, 0.5) is 4.39 Å². The summed E-state index contributed by atoms with van der Waals surface area (Å²) in [7, 11) is 0. The van der Waals surface area contributed by atoms with Gasteiger partial charge in [-0.3, -0.25) is 4.79 Å². The van der Waals surface area contributed by atoms with Crippen LogP contribution in [0, 0.1) is 0 Å². The molecule has 0 saturated carbocycles. The maximum absolute atomic E-state index is 12.7. The van der Waals surface area contributed by atoms with Crippen LogP contribution in [0.15, 0.2) is 24.3 Å². The predicted molar refractivity (Wildman–Crippen MR) is 56.5 cm³/mol. The lowest BCUT2D eigenvalue weighted by Gasteiger charge is -2.25. The SMILES string of the molecule is CC(C)(CC(=O)O)c1ccccc1CF. The Morgan fingerprint density at radius 1 is 1.40 bits per heavy atom. The highest BCUT2D eigenvalue weighted by molar-refractivity contribution is 5.69. The van der Waals surface area contributed by atoms with Gasteiger partial charge in [-0.05, 0) is 11.1 Å². The fourth-order valence-corrected chi connectivity index (χ4v) is 1.77. The molecule has 82 valence electrons. The zero-order valence-corrected chi connectivity index (χ0v) is 8.96. The van der Waals surface area contributed by atoms with E-state index in [0.29, 0.717) is 5.56 Å². The maximum atomic E-state index is 12.7. The van der Waals surface area contributed by atoms with Crippen molar-refractivity contribution in [3.8, 4) is 0 Å². The van der Waals surface area contributed by atoms with Crippen molar-refractivity contribution in [2.45, 2.75) is 32.4 Å². The number of alkyl halides is 1. The van der Waals surface area contributed by atoms with Crippen molar-refractivity contribution in [2.75, 3.05) is 0 Å². The van der Waals surface area contributed by atoms with Gasteiger partial charge in [0, 0.05) is 5.41 Å². The number of carboxylic acid groups (broad SMARTS) is 1. The minimum atomic E-state index is -0.867. The van der Waals surface area contributed by atoms with Gasteiger partial charge >= 0.3 is 5.97 Å². The molecule has 0 unspecified atom stereocenters. The van der Waals surface area contributed by atoms with Crippen molar-refractivity contribution >= 4 is 5.97 Å². The van der Waals surface area contributed by atoms with E-state index >= 15 is 0 Å². The Morgan fingerprint density at radius 3 is 2.53 bits per heavy atom. The van der Waals surface area contributed by atoms with Crippen LogP contribution in [0.5, 0.6) is 0 Å². The van der Waals surface area contributed by atoms with Crippen LogP contribution in [-0.4, -0.2) is 11.1 Å². The molecular formula is C12H15FO2. The number of halogens is 1. The lowest BCUT2D eigenvalue weighted by atomic mass is 9.79. The average Bonchev–Trinajstić information content (AvgIpc) is 2.16. The highest BCUT2D eigenvalue weighted by atomic mass is 19.1. The van der Waals surface area contributed by atoms with Gasteiger partial charge in [-0.2, -0.15) is 0 Å². The molecule has 0 fully saturated rings. The van der Waals surface area contributed by atoms with Crippen LogP contribution < -0.4 is 0 Å². The zero-order chi connectivity index (χ0) is 11.5.